The monoisotopic (exact) mass is 356 g/mol. The van der Waals surface area contributed by atoms with E-state index in [0.29, 0.717) is 0 Å². The van der Waals surface area contributed by atoms with E-state index >= 15 is 0 Å². The predicted octanol–water partition coefficient (Wildman–Crippen LogP) is 6.80. The lowest BCUT2D eigenvalue weighted by atomic mass is 9.70. The molecule has 0 spiro atoms. The molecule has 0 aromatic carbocycles. The summed E-state index contributed by atoms with van der Waals surface area (Å²) in [6.45, 7) is 7.10. The first-order chi connectivity index (χ1) is 12.3. The summed E-state index contributed by atoms with van der Waals surface area (Å²) < 4.78 is 0. The minimum Gasteiger partial charge on any atom is -0.198 e. The molecule has 4 nitrogen and oxygen atoms in total. The molecule has 0 radical (unpaired) electrons. The molecule has 0 aliphatic carbocycles. The normalized spacial score (nSPS) is 10.5. The van der Waals surface area contributed by atoms with Gasteiger partial charge in [0.25, 0.3) is 0 Å². The van der Waals surface area contributed by atoms with E-state index in [1.165, 1.54) is 51.4 Å². The maximum Gasteiger partial charge on any atom is 0.0700 e. The first kappa shape index (κ1) is 26.2. The summed E-state index contributed by atoms with van der Waals surface area (Å²) >= 11 is 0. The second-order valence-electron chi connectivity index (χ2n) is 7.83. The Hall–Kier alpha value is -2.04. The van der Waals surface area contributed by atoms with Gasteiger partial charge in [0.05, 0.1) is 35.1 Å². The number of hydrogen-bond donors (Lipinski definition) is 0. The average molecular weight is 357 g/mol. The molecule has 0 unspecified atom stereocenters. The minimum atomic E-state index is -0.568. The Labute approximate surface area is 161 Å². The van der Waals surface area contributed by atoms with Crippen LogP contribution < -0.4 is 0 Å². The molecule has 0 heterocycles. The quantitative estimate of drug-likeness (QED) is 0.359. The van der Waals surface area contributed by atoms with Gasteiger partial charge in [0, 0.05) is 12.8 Å². The molecule has 4 heteroatoms. The Balaban J connectivity index is 0. The molecule has 0 fully saturated rings. The van der Waals surface area contributed by atoms with Crippen molar-refractivity contribution in [3.05, 3.63) is 0 Å². The fourth-order valence-electron chi connectivity index (χ4n) is 2.10. The summed E-state index contributed by atoms with van der Waals surface area (Å²) in [5.41, 5.74) is -1.14. The van der Waals surface area contributed by atoms with Crippen LogP contribution in [0.25, 0.3) is 0 Å². The maximum atomic E-state index is 8.66. The third-order valence-electron chi connectivity index (χ3n) is 4.95. The number of nitriles is 4. The van der Waals surface area contributed by atoms with Crippen LogP contribution in [0.2, 0.25) is 0 Å². The van der Waals surface area contributed by atoms with Crippen molar-refractivity contribution >= 4 is 0 Å². The number of rotatable bonds is 12. The van der Waals surface area contributed by atoms with Crippen LogP contribution in [0.1, 0.15) is 105 Å². The summed E-state index contributed by atoms with van der Waals surface area (Å²) in [7, 11) is 0. The van der Waals surface area contributed by atoms with E-state index in [1.54, 1.807) is 27.7 Å². The molecular formula is C22H36N4. The van der Waals surface area contributed by atoms with Crippen LogP contribution in [0.3, 0.4) is 0 Å². The van der Waals surface area contributed by atoms with Crippen LogP contribution in [-0.4, -0.2) is 0 Å². The highest BCUT2D eigenvalue weighted by atomic mass is 14.4. The van der Waals surface area contributed by atoms with Crippen molar-refractivity contribution < 1.29 is 0 Å². The molecule has 0 aliphatic rings. The Morgan fingerprint density at radius 2 is 0.692 bits per heavy atom. The van der Waals surface area contributed by atoms with Gasteiger partial charge in [0.15, 0.2) is 0 Å². The molecule has 26 heavy (non-hydrogen) atoms. The van der Waals surface area contributed by atoms with E-state index in [0.717, 1.165) is 25.7 Å². The van der Waals surface area contributed by atoms with Crippen molar-refractivity contribution in [3.8, 4) is 24.3 Å². The molecule has 0 bridgehead atoms. The topological polar surface area (TPSA) is 95.2 Å². The largest absolute Gasteiger partial charge is 0.198 e. The predicted molar refractivity (Wildman–Crippen MR) is 105 cm³/mol. The van der Waals surface area contributed by atoms with Gasteiger partial charge in [0.1, 0.15) is 0 Å². The summed E-state index contributed by atoms with van der Waals surface area (Å²) in [4.78, 5) is 0. The fourth-order valence-corrected chi connectivity index (χ4v) is 2.10. The maximum absolute atomic E-state index is 8.66. The van der Waals surface area contributed by atoms with Gasteiger partial charge in [0.2, 0.25) is 0 Å². The molecule has 0 aliphatic heterocycles. The molecular weight excluding hydrogens is 320 g/mol. The van der Waals surface area contributed by atoms with Gasteiger partial charge < -0.3 is 0 Å². The highest BCUT2D eigenvalue weighted by molar-refractivity contribution is 5.11. The molecule has 0 N–H and O–H groups in total. The standard InChI is InChI=1S/C14H24N2.C8H12N2/c15-13-11-9-7-5-3-1-2-4-6-8-10-12-14-16;1-7(2,5-9)8(3,4)6-10/h1-12H2;1-4H3. The third kappa shape index (κ3) is 14.3. The van der Waals surface area contributed by atoms with Gasteiger partial charge in [-0.2, -0.15) is 21.0 Å². The summed E-state index contributed by atoms with van der Waals surface area (Å²) in [5, 5.41) is 34.0. The van der Waals surface area contributed by atoms with Crippen LogP contribution in [0.4, 0.5) is 0 Å². The van der Waals surface area contributed by atoms with E-state index in [4.69, 9.17) is 21.0 Å². The Morgan fingerprint density at radius 1 is 0.462 bits per heavy atom. The van der Waals surface area contributed by atoms with Crippen LogP contribution in [0, 0.1) is 56.2 Å². The first-order valence-electron chi connectivity index (χ1n) is 9.85. The van der Waals surface area contributed by atoms with Crippen LogP contribution in [0.5, 0.6) is 0 Å². The van der Waals surface area contributed by atoms with E-state index < -0.39 is 10.8 Å². The number of hydrogen-bond acceptors (Lipinski definition) is 4. The SMILES string of the molecule is CC(C)(C#N)C(C)(C)C#N.N#CCCCCCCCCCCCCC#N. The van der Waals surface area contributed by atoms with Crippen molar-refractivity contribution in [1.82, 2.24) is 0 Å². The van der Waals surface area contributed by atoms with E-state index in [2.05, 4.69) is 24.3 Å². The van der Waals surface area contributed by atoms with Crippen LogP contribution >= 0.6 is 0 Å². The molecule has 0 aromatic rings. The second kappa shape index (κ2) is 16.4. The number of nitrogens with zero attached hydrogens (tertiary/aromatic N) is 4. The Bertz CT molecular complexity index is 458. The van der Waals surface area contributed by atoms with Crippen LogP contribution in [0.15, 0.2) is 0 Å². The van der Waals surface area contributed by atoms with E-state index in [-0.39, 0.29) is 0 Å². The van der Waals surface area contributed by atoms with E-state index in [1.807, 2.05) is 0 Å². The van der Waals surface area contributed by atoms with Gasteiger partial charge >= 0.3 is 0 Å². The van der Waals surface area contributed by atoms with E-state index in [9.17, 15) is 0 Å². The first-order valence-corrected chi connectivity index (χ1v) is 9.85. The average Bonchev–Trinajstić information content (AvgIpc) is 2.63. The van der Waals surface area contributed by atoms with Crippen molar-refractivity contribution in [1.29, 1.82) is 21.0 Å². The van der Waals surface area contributed by atoms with Crippen molar-refractivity contribution in [2.75, 3.05) is 0 Å². The zero-order valence-corrected chi connectivity index (χ0v) is 17.3. The fraction of sp³-hybridized carbons (Fsp3) is 0.818. The highest BCUT2D eigenvalue weighted by Gasteiger charge is 2.37. The van der Waals surface area contributed by atoms with Gasteiger partial charge in [-0.05, 0) is 40.5 Å². The summed E-state index contributed by atoms with van der Waals surface area (Å²) in [5.74, 6) is 0. The molecule has 0 saturated carbocycles. The van der Waals surface area contributed by atoms with Gasteiger partial charge in [-0.3, -0.25) is 0 Å². The minimum absolute atomic E-state index is 0.568. The summed E-state index contributed by atoms with van der Waals surface area (Å²) in [6, 6.07) is 8.58. The van der Waals surface area contributed by atoms with Crippen molar-refractivity contribution in [3.63, 3.8) is 0 Å². The Morgan fingerprint density at radius 3 is 0.885 bits per heavy atom. The molecule has 0 rings (SSSR count). The van der Waals surface area contributed by atoms with Gasteiger partial charge in [-0.1, -0.05) is 51.4 Å². The van der Waals surface area contributed by atoms with Gasteiger partial charge in [-0.25, -0.2) is 0 Å². The highest BCUT2D eigenvalue weighted by Crippen LogP contribution is 2.36. The molecule has 144 valence electrons. The molecule has 0 amide bonds. The van der Waals surface area contributed by atoms with Crippen LogP contribution in [-0.2, 0) is 0 Å². The molecule has 0 atom stereocenters. The lowest BCUT2D eigenvalue weighted by Crippen LogP contribution is -2.29. The zero-order valence-electron chi connectivity index (χ0n) is 17.3. The van der Waals surface area contributed by atoms with Crippen molar-refractivity contribution in [2.24, 2.45) is 10.8 Å². The lowest BCUT2D eigenvalue weighted by molar-refractivity contribution is 0.253. The second-order valence-corrected chi connectivity index (χ2v) is 7.83. The summed E-state index contributed by atoms with van der Waals surface area (Å²) in [6.07, 6.45) is 13.9. The lowest BCUT2D eigenvalue weighted by Gasteiger charge is -2.28. The Kier molecular flexibility index (Phi) is 16.6. The van der Waals surface area contributed by atoms with Crippen molar-refractivity contribution in [2.45, 2.75) is 105 Å². The van der Waals surface area contributed by atoms with Gasteiger partial charge in [-0.15, -0.1) is 0 Å². The zero-order chi connectivity index (χ0) is 20.3. The smallest absolute Gasteiger partial charge is 0.0700 e. The molecule has 0 saturated heterocycles. The number of unbranched alkanes of at least 4 members (excludes halogenated alkanes) is 11. The molecule has 0 aromatic heterocycles. The third-order valence-corrected chi connectivity index (χ3v) is 4.95.